The molecule has 0 aliphatic carbocycles. The number of carbonyl (C=O) groups excluding carboxylic acids is 2. The predicted octanol–water partition coefficient (Wildman–Crippen LogP) is 2.54. The van der Waals surface area contributed by atoms with Crippen molar-refractivity contribution in [1.82, 2.24) is 0 Å². The Bertz CT molecular complexity index is 838. The van der Waals surface area contributed by atoms with Crippen LogP contribution in [0.25, 0.3) is 0 Å². The molecule has 7 nitrogen and oxygen atoms in total. The van der Waals surface area contributed by atoms with Crippen molar-refractivity contribution < 1.29 is 14.3 Å². The Labute approximate surface area is 175 Å². The van der Waals surface area contributed by atoms with Crippen molar-refractivity contribution in [2.45, 2.75) is 17.9 Å². The number of primary amides is 1. The third-order valence-corrected chi connectivity index (χ3v) is 5.63. The van der Waals surface area contributed by atoms with E-state index < -0.39 is 6.04 Å². The minimum atomic E-state index is -0.454. The molecular formula is C21H26N4O3S. The van der Waals surface area contributed by atoms with Crippen LogP contribution in [0.5, 0.6) is 0 Å². The second-order valence-corrected chi connectivity index (χ2v) is 7.77. The standard InChI is InChI=1S/C21H26N4O3S/c1-15(23-18-4-2-3-5-19(18)29-14-20(22)26)21(27)24-16-6-8-17(9-7-16)25-10-12-28-13-11-25/h2-9,15,23H,10-14H2,1H3,(H2,22,26)(H,24,27)/t15-/m0/s1. The van der Waals surface area contributed by atoms with Crippen molar-refractivity contribution in [1.29, 1.82) is 0 Å². The number of nitrogens with one attached hydrogen (secondary N) is 2. The first-order valence-corrected chi connectivity index (χ1v) is 10.5. The van der Waals surface area contributed by atoms with Crippen LogP contribution in [0.4, 0.5) is 17.1 Å². The highest BCUT2D eigenvalue weighted by molar-refractivity contribution is 8.00. The van der Waals surface area contributed by atoms with Crippen molar-refractivity contribution in [3.05, 3.63) is 48.5 Å². The topological polar surface area (TPSA) is 96.7 Å². The summed E-state index contributed by atoms with van der Waals surface area (Å²) in [5.41, 5.74) is 7.90. The number of ether oxygens (including phenoxy) is 1. The van der Waals surface area contributed by atoms with E-state index >= 15 is 0 Å². The fourth-order valence-corrected chi connectivity index (χ4v) is 3.74. The van der Waals surface area contributed by atoms with E-state index in [1.54, 1.807) is 6.92 Å². The Morgan fingerprint density at radius 3 is 2.52 bits per heavy atom. The molecule has 29 heavy (non-hydrogen) atoms. The van der Waals surface area contributed by atoms with Gasteiger partial charge in [-0.2, -0.15) is 0 Å². The summed E-state index contributed by atoms with van der Waals surface area (Å²) in [7, 11) is 0. The molecule has 0 saturated carbocycles. The van der Waals surface area contributed by atoms with E-state index in [0.717, 1.165) is 48.3 Å². The number of nitrogens with two attached hydrogens (primary N) is 1. The van der Waals surface area contributed by atoms with Gasteiger partial charge in [0.25, 0.3) is 0 Å². The zero-order valence-electron chi connectivity index (χ0n) is 16.4. The second kappa shape index (κ2) is 10.2. The van der Waals surface area contributed by atoms with Crippen molar-refractivity contribution in [2.75, 3.05) is 47.6 Å². The highest BCUT2D eigenvalue weighted by Crippen LogP contribution is 2.27. The second-order valence-electron chi connectivity index (χ2n) is 6.75. The van der Waals surface area contributed by atoms with Crippen LogP contribution in [0.1, 0.15) is 6.92 Å². The first-order valence-electron chi connectivity index (χ1n) is 9.53. The number of para-hydroxylation sites is 1. The average molecular weight is 415 g/mol. The van der Waals surface area contributed by atoms with Gasteiger partial charge in [-0.25, -0.2) is 0 Å². The van der Waals surface area contributed by atoms with Crippen molar-refractivity contribution in [3.8, 4) is 0 Å². The van der Waals surface area contributed by atoms with E-state index in [4.69, 9.17) is 10.5 Å². The molecule has 2 aromatic carbocycles. The summed E-state index contributed by atoms with van der Waals surface area (Å²) >= 11 is 1.35. The van der Waals surface area contributed by atoms with Crippen molar-refractivity contribution >= 4 is 40.6 Å². The fourth-order valence-electron chi connectivity index (χ4n) is 2.99. The molecule has 0 unspecified atom stereocenters. The van der Waals surface area contributed by atoms with Crippen molar-refractivity contribution in [2.24, 2.45) is 5.73 Å². The number of hydrogen-bond donors (Lipinski definition) is 3. The number of rotatable bonds is 8. The third-order valence-electron chi connectivity index (χ3n) is 4.53. The van der Waals surface area contributed by atoms with Gasteiger partial charge in [-0.05, 0) is 43.3 Å². The molecule has 2 amide bonds. The zero-order valence-corrected chi connectivity index (χ0v) is 17.2. The summed E-state index contributed by atoms with van der Waals surface area (Å²) in [5, 5.41) is 6.15. The van der Waals surface area contributed by atoms with Gasteiger partial charge in [0.15, 0.2) is 0 Å². The molecule has 1 aliphatic rings. The number of thioether (sulfide) groups is 1. The van der Waals surface area contributed by atoms with Gasteiger partial charge in [-0.3, -0.25) is 9.59 Å². The van der Waals surface area contributed by atoms with E-state index in [9.17, 15) is 9.59 Å². The van der Waals surface area contributed by atoms with Gasteiger partial charge >= 0.3 is 0 Å². The molecular weight excluding hydrogens is 388 g/mol. The Morgan fingerprint density at radius 1 is 1.14 bits per heavy atom. The molecule has 1 atom stereocenters. The van der Waals surface area contributed by atoms with E-state index in [0.29, 0.717) is 0 Å². The molecule has 8 heteroatoms. The lowest BCUT2D eigenvalue weighted by molar-refractivity contribution is -0.117. The number of hydrogen-bond acceptors (Lipinski definition) is 6. The Hall–Kier alpha value is -2.71. The van der Waals surface area contributed by atoms with Crippen LogP contribution in [0.15, 0.2) is 53.4 Å². The lowest BCUT2D eigenvalue weighted by Gasteiger charge is -2.29. The molecule has 1 fully saturated rings. The maximum atomic E-state index is 12.6. The number of nitrogens with zero attached hydrogens (tertiary/aromatic N) is 1. The summed E-state index contributed by atoms with van der Waals surface area (Å²) < 4.78 is 5.38. The van der Waals surface area contributed by atoms with Crippen LogP contribution in [0.3, 0.4) is 0 Å². The number of carbonyl (C=O) groups is 2. The highest BCUT2D eigenvalue weighted by atomic mass is 32.2. The Balaban J connectivity index is 1.57. The van der Waals surface area contributed by atoms with Crippen molar-refractivity contribution in [3.63, 3.8) is 0 Å². The van der Waals surface area contributed by atoms with Gasteiger partial charge < -0.3 is 26.0 Å². The summed E-state index contributed by atoms with van der Waals surface area (Å²) in [6.07, 6.45) is 0. The molecule has 154 valence electrons. The normalized spacial score (nSPS) is 14.9. The SMILES string of the molecule is C[C@H](Nc1ccccc1SCC(N)=O)C(=O)Nc1ccc(N2CCOCC2)cc1. The van der Waals surface area contributed by atoms with Crippen LogP contribution in [-0.2, 0) is 14.3 Å². The minimum Gasteiger partial charge on any atom is -0.378 e. The molecule has 0 radical (unpaired) electrons. The van der Waals surface area contributed by atoms with E-state index in [1.807, 2.05) is 48.5 Å². The Morgan fingerprint density at radius 2 is 1.83 bits per heavy atom. The first kappa shape index (κ1) is 21.0. The molecule has 1 heterocycles. The van der Waals surface area contributed by atoms with E-state index in [-0.39, 0.29) is 17.6 Å². The molecule has 1 saturated heterocycles. The van der Waals surface area contributed by atoms with Crippen LogP contribution in [0.2, 0.25) is 0 Å². The average Bonchev–Trinajstić information content (AvgIpc) is 2.74. The highest BCUT2D eigenvalue weighted by Gasteiger charge is 2.16. The fraction of sp³-hybridized carbons (Fsp3) is 0.333. The number of amides is 2. The summed E-state index contributed by atoms with van der Waals surface area (Å²) in [5.74, 6) is -0.329. The van der Waals surface area contributed by atoms with Crippen LogP contribution in [0, 0.1) is 0 Å². The Kier molecular flexibility index (Phi) is 7.37. The number of benzene rings is 2. The predicted molar refractivity (Wildman–Crippen MR) is 118 cm³/mol. The molecule has 0 bridgehead atoms. The monoisotopic (exact) mass is 414 g/mol. The van der Waals surface area contributed by atoms with Crippen LogP contribution < -0.4 is 21.3 Å². The summed E-state index contributed by atoms with van der Waals surface area (Å²) in [4.78, 5) is 26.8. The van der Waals surface area contributed by atoms with Gasteiger partial charge in [0.2, 0.25) is 11.8 Å². The first-order chi connectivity index (χ1) is 14.0. The molecule has 0 aromatic heterocycles. The lowest BCUT2D eigenvalue weighted by atomic mass is 10.2. The zero-order chi connectivity index (χ0) is 20.6. The minimum absolute atomic E-state index is 0.140. The molecule has 2 aromatic rings. The maximum absolute atomic E-state index is 12.6. The lowest BCUT2D eigenvalue weighted by Crippen LogP contribution is -2.36. The summed E-state index contributed by atoms with van der Waals surface area (Å²) in [6.45, 7) is 5.02. The van der Waals surface area contributed by atoms with E-state index in [2.05, 4.69) is 15.5 Å². The summed E-state index contributed by atoms with van der Waals surface area (Å²) in [6, 6.07) is 14.9. The van der Waals surface area contributed by atoms with Gasteiger partial charge in [0.1, 0.15) is 6.04 Å². The number of anilines is 3. The quantitative estimate of drug-likeness (QED) is 0.575. The van der Waals surface area contributed by atoms with Gasteiger partial charge in [0, 0.05) is 35.0 Å². The largest absolute Gasteiger partial charge is 0.378 e. The maximum Gasteiger partial charge on any atom is 0.246 e. The third kappa shape index (κ3) is 6.13. The van der Waals surface area contributed by atoms with Gasteiger partial charge in [0.05, 0.1) is 19.0 Å². The van der Waals surface area contributed by atoms with Gasteiger partial charge in [-0.15, -0.1) is 11.8 Å². The number of morpholine rings is 1. The van der Waals surface area contributed by atoms with Crippen LogP contribution >= 0.6 is 11.8 Å². The van der Waals surface area contributed by atoms with Crippen LogP contribution in [-0.4, -0.2) is 49.9 Å². The molecule has 0 spiro atoms. The van der Waals surface area contributed by atoms with E-state index in [1.165, 1.54) is 11.8 Å². The molecule has 1 aliphatic heterocycles. The van der Waals surface area contributed by atoms with Gasteiger partial charge in [-0.1, -0.05) is 12.1 Å². The molecule has 4 N–H and O–H groups in total. The molecule has 3 rings (SSSR count). The smallest absolute Gasteiger partial charge is 0.246 e.